The third-order valence-corrected chi connectivity index (χ3v) is 4.88. The van der Waals surface area contributed by atoms with E-state index in [2.05, 4.69) is 5.32 Å². The summed E-state index contributed by atoms with van der Waals surface area (Å²) in [6.45, 7) is 3.57. The van der Waals surface area contributed by atoms with Crippen LogP contribution in [0.2, 0.25) is 0 Å². The number of hydrogen-bond acceptors (Lipinski definition) is 6. The van der Waals surface area contributed by atoms with E-state index in [1.165, 1.54) is 4.90 Å². The molecule has 0 radical (unpaired) electrons. The van der Waals surface area contributed by atoms with Crippen LogP contribution in [0.5, 0.6) is 5.75 Å². The molecule has 1 aromatic heterocycles. The Hall–Kier alpha value is -2.87. The second kappa shape index (κ2) is 7.57. The zero-order valence-electron chi connectivity index (χ0n) is 14.4. The number of thiophene rings is 1. The third-order valence-electron chi connectivity index (χ3n) is 3.75. The Kier molecular flexibility index (Phi) is 5.22. The normalized spacial score (nSPS) is 13.0. The largest absolute Gasteiger partial charge is 0.482 e. The predicted molar refractivity (Wildman–Crippen MR) is 97.9 cm³/mol. The van der Waals surface area contributed by atoms with E-state index >= 15 is 0 Å². The molecule has 2 aromatic rings. The van der Waals surface area contributed by atoms with Crippen molar-refractivity contribution < 1.29 is 23.9 Å². The van der Waals surface area contributed by atoms with E-state index in [4.69, 9.17) is 9.47 Å². The molecule has 0 spiro atoms. The third kappa shape index (κ3) is 3.70. The van der Waals surface area contributed by atoms with E-state index in [9.17, 15) is 14.4 Å². The first-order chi connectivity index (χ1) is 12.5. The Labute approximate surface area is 154 Å². The SMILES string of the molecule is CCOC(=O)c1sc(NC(=O)CN2C(=O)COc3ccccc32)cc1C. The summed E-state index contributed by atoms with van der Waals surface area (Å²) in [5, 5.41) is 3.27. The number of carbonyl (C=O) groups excluding carboxylic acids is 3. The minimum absolute atomic E-state index is 0.102. The summed E-state index contributed by atoms with van der Waals surface area (Å²) in [5.41, 5.74) is 1.30. The van der Waals surface area contributed by atoms with Crippen LogP contribution in [0.15, 0.2) is 30.3 Å². The number of rotatable bonds is 5. The fourth-order valence-electron chi connectivity index (χ4n) is 2.59. The number of nitrogens with one attached hydrogen (secondary N) is 1. The van der Waals surface area contributed by atoms with Gasteiger partial charge in [-0.1, -0.05) is 12.1 Å². The highest BCUT2D eigenvalue weighted by Gasteiger charge is 2.27. The molecule has 1 N–H and O–H groups in total. The Morgan fingerprint density at radius 2 is 2.12 bits per heavy atom. The van der Waals surface area contributed by atoms with Gasteiger partial charge in [0, 0.05) is 0 Å². The van der Waals surface area contributed by atoms with Gasteiger partial charge in [0.1, 0.15) is 17.2 Å². The highest BCUT2D eigenvalue weighted by Crippen LogP contribution is 2.32. The van der Waals surface area contributed by atoms with Crippen molar-refractivity contribution in [2.75, 3.05) is 30.0 Å². The van der Waals surface area contributed by atoms with Crippen molar-refractivity contribution in [1.82, 2.24) is 0 Å². The van der Waals surface area contributed by atoms with Crippen LogP contribution in [0, 0.1) is 6.92 Å². The lowest BCUT2D eigenvalue weighted by Crippen LogP contribution is -2.43. The molecule has 0 atom stereocenters. The van der Waals surface area contributed by atoms with Crippen molar-refractivity contribution in [2.45, 2.75) is 13.8 Å². The van der Waals surface area contributed by atoms with E-state index in [0.29, 0.717) is 21.3 Å². The van der Waals surface area contributed by atoms with Gasteiger partial charge in [0.05, 0.1) is 17.3 Å². The van der Waals surface area contributed by atoms with E-state index < -0.39 is 5.97 Å². The van der Waals surface area contributed by atoms with Crippen LogP contribution in [-0.2, 0) is 14.3 Å². The van der Waals surface area contributed by atoms with Crippen LogP contribution < -0.4 is 15.0 Å². The molecular weight excluding hydrogens is 356 g/mol. The number of benzene rings is 1. The lowest BCUT2D eigenvalue weighted by molar-refractivity contribution is -0.123. The fourth-order valence-corrected chi connectivity index (χ4v) is 3.57. The van der Waals surface area contributed by atoms with Gasteiger partial charge in [-0.25, -0.2) is 4.79 Å². The zero-order chi connectivity index (χ0) is 18.7. The molecule has 0 fully saturated rings. The zero-order valence-corrected chi connectivity index (χ0v) is 15.2. The number of esters is 1. The molecule has 2 heterocycles. The number of fused-ring (bicyclic) bond motifs is 1. The first-order valence-corrected chi connectivity index (χ1v) is 8.91. The van der Waals surface area contributed by atoms with Crippen molar-refractivity contribution >= 4 is 39.8 Å². The maximum absolute atomic E-state index is 12.4. The summed E-state index contributed by atoms with van der Waals surface area (Å²) in [7, 11) is 0. The smallest absolute Gasteiger partial charge is 0.348 e. The molecule has 0 saturated carbocycles. The van der Waals surface area contributed by atoms with Gasteiger partial charge in [-0.15, -0.1) is 11.3 Å². The molecule has 0 unspecified atom stereocenters. The number of carbonyl (C=O) groups is 3. The maximum atomic E-state index is 12.4. The monoisotopic (exact) mass is 374 g/mol. The van der Waals surface area contributed by atoms with Crippen LogP contribution in [0.25, 0.3) is 0 Å². The number of ether oxygens (including phenoxy) is 2. The van der Waals surface area contributed by atoms with Crippen molar-refractivity contribution in [3.05, 3.63) is 40.8 Å². The topological polar surface area (TPSA) is 84.9 Å². The van der Waals surface area contributed by atoms with Gasteiger partial charge in [-0.05, 0) is 37.6 Å². The second-order valence-corrected chi connectivity index (χ2v) is 6.68. The van der Waals surface area contributed by atoms with Crippen LogP contribution >= 0.6 is 11.3 Å². The van der Waals surface area contributed by atoms with E-state index in [0.717, 1.165) is 16.9 Å². The molecule has 2 amide bonds. The Balaban J connectivity index is 1.71. The van der Waals surface area contributed by atoms with Gasteiger partial charge in [-0.2, -0.15) is 0 Å². The summed E-state index contributed by atoms with van der Waals surface area (Å²) < 4.78 is 10.4. The summed E-state index contributed by atoms with van der Waals surface area (Å²) in [6, 6.07) is 8.77. The first kappa shape index (κ1) is 17.9. The van der Waals surface area contributed by atoms with Crippen LogP contribution in [0.1, 0.15) is 22.2 Å². The molecule has 136 valence electrons. The highest BCUT2D eigenvalue weighted by molar-refractivity contribution is 7.18. The summed E-state index contributed by atoms with van der Waals surface area (Å²) >= 11 is 1.15. The van der Waals surface area contributed by atoms with Crippen LogP contribution in [0.4, 0.5) is 10.7 Å². The summed E-state index contributed by atoms with van der Waals surface area (Å²) in [6.07, 6.45) is 0. The van der Waals surface area contributed by atoms with E-state index in [1.807, 2.05) is 0 Å². The molecule has 1 aliphatic rings. The minimum Gasteiger partial charge on any atom is -0.482 e. The molecule has 3 rings (SSSR count). The number of hydrogen-bond donors (Lipinski definition) is 1. The Morgan fingerprint density at radius 1 is 1.35 bits per heavy atom. The first-order valence-electron chi connectivity index (χ1n) is 8.09. The Bertz CT molecular complexity index is 861. The number of amides is 2. The predicted octanol–water partition coefficient (Wildman–Crippen LogP) is 2.60. The lowest BCUT2D eigenvalue weighted by Gasteiger charge is -2.28. The molecule has 0 saturated heterocycles. The van der Waals surface area contributed by atoms with Crippen molar-refractivity contribution in [3.8, 4) is 5.75 Å². The molecule has 26 heavy (non-hydrogen) atoms. The molecule has 8 heteroatoms. The van der Waals surface area contributed by atoms with Crippen molar-refractivity contribution in [2.24, 2.45) is 0 Å². The molecule has 1 aromatic carbocycles. The quantitative estimate of drug-likeness (QED) is 0.813. The van der Waals surface area contributed by atoms with Gasteiger partial charge in [0.15, 0.2) is 6.61 Å². The molecular formula is C18H18N2O5S. The van der Waals surface area contributed by atoms with E-state index in [-0.39, 0.29) is 31.6 Å². The van der Waals surface area contributed by atoms with Crippen LogP contribution in [0.3, 0.4) is 0 Å². The number of aryl methyl sites for hydroxylation is 1. The number of para-hydroxylation sites is 2. The molecule has 7 nitrogen and oxygen atoms in total. The standard InChI is InChI=1S/C18H18N2O5S/c1-3-24-18(23)17-11(2)8-15(26-17)19-14(21)9-20-12-6-4-5-7-13(12)25-10-16(20)22/h4-8H,3,9-10H2,1-2H3,(H,19,21). The van der Waals surface area contributed by atoms with Crippen molar-refractivity contribution in [1.29, 1.82) is 0 Å². The summed E-state index contributed by atoms with van der Waals surface area (Å²) in [4.78, 5) is 38.2. The molecule has 1 aliphatic heterocycles. The lowest BCUT2D eigenvalue weighted by atomic mass is 10.2. The van der Waals surface area contributed by atoms with Crippen molar-refractivity contribution in [3.63, 3.8) is 0 Å². The van der Waals surface area contributed by atoms with E-state index in [1.54, 1.807) is 44.2 Å². The van der Waals surface area contributed by atoms with Gasteiger partial charge in [0.25, 0.3) is 5.91 Å². The number of anilines is 2. The van der Waals surface area contributed by atoms with Gasteiger partial charge < -0.3 is 14.8 Å². The fraction of sp³-hybridized carbons (Fsp3) is 0.278. The minimum atomic E-state index is -0.409. The van der Waals surface area contributed by atoms with Gasteiger partial charge in [-0.3, -0.25) is 14.5 Å². The van der Waals surface area contributed by atoms with Gasteiger partial charge >= 0.3 is 5.97 Å². The van der Waals surface area contributed by atoms with Gasteiger partial charge in [0.2, 0.25) is 5.91 Å². The maximum Gasteiger partial charge on any atom is 0.348 e. The second-order valence-electron chi connectivity index (χ2n) is 5.63. The summed E-state index contributed by atoms with van der Waals surface area (Å²) in [5.74, 6) is -0.482. The Morgan fingerprint density at radius 3 is 2.88 bits per heavy atom. The van der Waals surface area contributed by atoms with Crippen LogP contribution in [-0.4, -0.2) is 37.5 Å². The average molecular weight is 374 g/mol. The molecule has 0 bridgehead atoms. The average Bonchev–Trinajstić information content (AvgIpc) is 2.98. The highest BCUT2D eigenvalue weighted by atomic mass is 32.1. The molecule has 0 aliphatic carbocycles. The number of nitrogens with zero attached hydrogens (tertiary/aromatic N) is 1.